The minimum absolute atomic E-state index is 0. The van der Waals surface area contributed by atoms with Crippen molar-refractivity contribution in [1.82, 2.24) is 10.6 Å². The molecule has 1 amide bonds. The molecule has 1 atom stereocenters. The molecule has 0 aromatic heterocycles. The number of aliphatic imine (C=N–C) groups is 1. The quantitative estimate of drug-likeness (QED) is 0.300. The first-order chi connectivity index (χ1) is 14.6. The maximum atomic E-state index is 11.9. The van der Waals surface area contributed by atoms with Crippen LogP contribution in [0.3, 0.4) is 0 Å². The number of carbonyl (C=O) groups is 1. The van der Waals surface area contributed by atoms with E-state index in [9.17, 15) is 4.79 Å². The predicted molar refractivity (Wildman–Crippen MR) is 138 cm³/mol. The third-order valence-corrected chi connectivity index (χ3v) is 5.33. The van der Waals surface area contributed by atoms with Crippen LogP contribution in [0, 0.1) is 0 Å². The number of halogens is 1. The van der Waals surface area contributed by atoms with Crippen LogP contribution >= 0.6 is 24.0 Å². The monoisotopic (exact) mass is 536 g/mol. The standard InChI is InChI=1S/C24H32N4O2.HI/c1-4-25-24(26-16-18(2)21-8-5-6-9-22(21)30-3)27-17-19-11-13-20(14-12-19)28-15-7-10-23(28)29;/h5-6,8-9,11-14,18H,4,7,10,15-17H2,1-3H3,(H2,25,26,27);1H. The SMILES string of the molecule is CCNC(=NCc1ccc(N2CCCC2=O)cc1)NCC(C)c1ccccc1OC.I. The van der Waals surface area contributed by atoms with Crippen LogP contribution in [-0.2, 0) is 11.3 Å². The summed E-state index contributed by atoms with van der Waals surface area (Å²) >= 11 is 0. The number of benzene rings is 2. The summed E-state index contributed by atoms with van der Waals surface area (Å²) < 4.78 is 5.48. The lowest BCUT2D eigenvalue weighted by atomic mass is 10.0. The van der Waals surface area contributed by atoms with Crippen LogP contribution in [0.4, 0.5) is 5.69 Å². The van der Waals surface area contributed by atoms with Crippen molar-refractivity contribution in [3.05, 3.63) is 59.7 Å². The Labute approximate surface area is 202 Å². The van der Waals surface area contributed by atoms with Crippen LogP contribution in [-0.4, -0.2) is 38.6 Å². The summed E-state index contributed by atoms with van der Waals surface area (Å²) in [4.78, 5) is 18.5. The summed E-state index contributed by atoms with van der Waals surface area (Å²) in [5, 5.41) is 6.74. The summed E-state index contributed by atoms with van der Waals surface area (Å²) in [6.45, 7) is 7.17. The van der Waals surface area contributed by atoms with Gasteiger partial charge in [0.1, 0.15) is 5.75 Å². The number of nitrogens with zero attached hydrogens (tertiary/aromatic N) is 2. The molecule has 2 aromatic carbocycles. The van der Waals surface area contributed by atoms with Crippen LogP contribution in [0.5, 0.6) is 5.75 Å². The molecule has 2 aromatic rings. The molecule has 1 aliphatic heterocycles. The number of carbonyl (C=O) groups excluding carboxylic acids is 1. The fourth-order valence-electron chi connectivity index (χ4n) is 3.65. The van der Waals surface area contributed by atoms with Crippen molar-refractivity contribution in [2.45, 2.75) is 39.2 Å². The Hall–Kier alpha value is -2.29. The molecule has 1 unspecified atom stereocenters. The second-order valence-corrected chi connectivity index (χ2v) is 7.53. The number of ether oxygens (including phenoxy) is 1. The Bertz CT molecular complexity index is 870. The summed E-state index contributed by atoms with van der Waals surface area (Å²) in [5.41, 5.74) is 3.26. The van der Waals surface area contributed by atoms with Gasteiger partial charge in [0.25, 0.3) is 0 Å². The van der Waals surface area contributed by atoms with Crippen molar-refractivity contribution in [2.75, 3.05) is 31.6 Å². The summed E-state index contributed by atoms with van der Waals surface area (Å²) in [7, 11) is 1.70. The Morgan fingerprint density at radius 2 is 1.90 bits per heavy atom. The van der Waals surface area contributed by atoms with Crippen molar-refractivity contribution in [1.29, 1.82) is 0 Å². The van der Waals surface area contributed by atoms with E-state index in [0.29, 0.717) is 13.0 Å². The van der Waals surface area contributed by atoms with Crippen LogP contribution in [0.25, 0.3) is 0 Å². The summed E-state index contributed by atoms with van der Waals surface area (Å²) in [6.07, 6.45) is 1.59. The molecule has 0 aliphatic carbocycles. The normalized spacial score (nSPS) is 14.7. The van der Waals surface area contributed by atoms with E-state index < -0.39 is 0 Å². The number of amides is 1. The zero-order chi connectivity index (χ0) is 21.3. The Balaban J connectivity index is 0.00000341. The average molecular weight is 536 g/mol. The highest BCUT2D eigenvalue weighted by atomic mass is 127. The molecule has 1 saturated heterocycles. The number of anilines is 1. The topological polar surface area (TPSA) is 66.0 Å². The second-order valence-electron chi connectivity index (χ2n) is 7.53. The fraction of sp³-hybridized carbons (Fsp3) is 0.417. The zero-order valence-electron chi connectivity index (χ0n) is 18.6. The van der Waals surface area contributed by atoms with E-state index in [4.69, 9.17) is 9.73 Å². The number of methoxy groups -OCH3 is 1. The van der Waals surface area contributed by atoms with Gasteiger partial charge in [0.15, 0.2) is 5.96 Å². The molecule has 6 nitrogen and oxygen atoms in total. The molecule has 168 valence electrons. The highest BCUT2D eigenvalue weighted by Gasteiger charge is 2.21. The van der Waals surface area contributed by atoms with E-state index in [0.717, 1.165) is 49.0 Å². The first-order valence-electron chi connectivity index (χ1n) is 10.7. The van der Waals surface area contributed by atoms with Crippen LogP contribution in [0.1, 0.15) is 43.7 Å². The largest absolute Gasteiger partial charge is 0.496 e. The highest BCUT2D eigenvalue weighted by molar-refractivity contribution is 14.0. The number of rotatable bonds is 8. The van der Waals surface area contributed by atoms with Crippen molar-refractivity contribution >= 4 is 41.5 Å². The first kappa shape index (κ1) is 25.0. The molecule has 0 saturated carbocycles. The molecular weight excluding hydrogens is 503 g/mol. The van der Waals surface area contributed by atoms with Gasteiger partial charge in [0, 0.05) is 37.7 Å². The lowest BCUT2D eigenvalue weighted by molar-refractivity contribution is -0.117. The molecule has 3 rings (SSSR count). The van der Waals surface area contributed by atoms with E-state index >= 15 is 0 Å². The molecular formula is C24H33IN4O2. The highest BCUT2D eigenvalue weighted by Crippen LogP contribution is 2.25. The third kappa shape index (κ3) is 6.85. The smallest absolute Gasteiger partial charge is 0.227 e. The van der Waals surface area contributed by atoms with Gasteiger partial charge in [-0.2, -0.15) is 0 Å². The van der Waals surface area contributed by atoms with Crippen molar-refractivity contribution in [3.63, 3.8) is 0 Å². The molecule has 1 aliphatic rings. The predicted octanol–water partition coefficient (Wildman–Crippen LogP) is 4.30. The number of para-hydroxylation sites is 1. The molecule has 2 N–H and O–H groups in total. The van der Waals surface area contributed by atoms with Crippen molar-refractivity contribution < 1.29 is 9.53 Å². The second kappa shape index (κ2) is 12.5. The first-order valence-corrected chi connectivity index (χ1v) is 10.7. The lowest BCUT2D eigenvalue weighted by Crippen LogP contribution is -2.39. The minimum Gasteiger partial charge on any atom is -0.496 e. The molecule has 0 spiro atoms. The van der Waals surface area contributed by atoms with Gasteiger partial charge >= 0.3 is 0 Å². The van der Waals surface area contributed by atoms with Gasteiger partial charge in [-0.1, -0.05) is 37.3 Å². The van der Waals surface area contributed by atoms with Crippen LogP contribution in [0.15, 0.2) is 53.5 Å². The summed E-state index contributed by atoms with van der Waals surface area (Å²) in [5.74, 6) is 2.19. The van der Waals surface area contributed by atoms with Gasteiger partial charge in [0.2, 0.25) is 5.91 Å². The summed E-state index contributed by atoms with van der Waals surface area (Å²) in [6, 6.07) is 16.2. The number of hydrogen-bond donors (Lipinski definition) is 2. The Morgan fingerprint density at radius 1 is 1.16 bits per heavy atom. The molecule has 1 fully saturated rings. The van der Waals surface area contributed by atoms with Gasteiger partial charge in [-0.05, 0) is 42.7 Å². The average Bonchev–Trinajstić information content (AvgIpc) is 3.21. The Kier molecular flexibility index (Phi) is 10.1. The fourth-order valence-corrected chi connectivity index (χ4v) is 3.65. The zero-order valence-corrected chi connectivity index (χ0v) is 20.9. The molecule has 1 heterocycles. The van der Waals surface area contributed by atoms with Crippen LogP contribution in [0.2, 0.25) is 0 Å². The Morgan fingerprint density at radius 3 is 2.55 bits per heavy atom. The van der Waals surface area contributed by atoms with Crippen molar-refractivity contribution in [3.8, 4) is 5.75 Å². The molecule has 0 bridgehead atoms. The van der Waals surface area contributed by atoms with Gasteiger partial charge in [0.05, 0.1) is 13.7 Å². The number of nitrogens with one attached hydrogen (secondary N) is 2. The maximum Gasteiger partial charge on any atom is 0.227 e. The third-order valence-electron chi connectivity index (χ3n) is 5.33. The number of hydrogen-bond acceptors (Lipinski definition) is 3. The van der Waals surface area contributed by atoms with Crippen molar-refractivity contribution in [2.24, 2.45) is 4.99 Å². The lowest BCUT2D eigenvalue weighted by Gasteiger charge is -2.18. The minimum atomic E-state index is 0. The molecule has 7 heteroatoms. The van der Waals surface area contributed by atoms with Gasteiger partial charge < -0.3 is 20.3 Å². The van der Waals surface area contributed by atoms with E-state index in [-0.39, 0.29) is 35.8 Å². The van der Waals surface area contributed by atoms with E-state index in [2.05, 4.69) is 30.5 Å². The molecule has 31 heavy (non-hydrogen) atoms. The van der Waals surface area contributed by atoms with Gasteiger partial charge in [-0.25, -0.2) is 4.99 Å². The van der Waals surface area contributed by atoms with Gasteiger partial charge in [-0.3, -0.25) is 4.79 Å². The number of guanidine groups is 1. The van der Waals surface area contributed by atoms with E-state index in [1.54, 1.807) is 7.11 Å². The van der Waals surface area contributed by atoms with Gasteiger partial charge in [-0.15, -0.1) is 24.0 Å². The van der Waals surface area contributed by atoms with E-state index in [1.807, 2.05) is 47.4 Å². The molecule has 0 radical (unpaired) electrons. The van der Waals surface area contributed by atoms with E-state index in [1.165, 1.54) is 5.56 Å². The maximum absolute atomic E-state index is 11.9. The van der Waals surface area contributed by atoms with Crippen LogP contribution < -0.4 is 20.3 Å².